The number of halogens is 4. The van der Waals surface area contributed by atoms with Crippen LogP contribution in [0.25, 0.3) is 5.69 Å². The standard InChI is InChI=1S/C11H8BrF3N2/c1-7-4-9(17-6-8(12)5-16-17)2-3-10(7)11(13,14)15/h2-6H,1H3. The van der Waals surface area contributed by atoms with Gasteiger partial charge in [0.05, 0.1) is 21.9 Å². The summed E-state index contributed by atoms with van der Waals surface area (Å²) in [5.41, 5.74) is 0.162. The third kappa shape index (κ3) is 2.52. The van der Waals surface area contributed by atoms with Gasteiger partial charge in [-0.2, -0.15) is 18.3 Å². The molecule has 0 fully saturated rings. The van der Waals surface area contributed by atoms with E-state index in [1.54, 1.807) is 12.4 Å². The van der Waals surface area contributed by atoms with E-state index in [0.29, 0.717) is 5.69 Å². The highest BCUT2D eigenvalue weighted by Gasteiger charge is 2.32. The van der Waals surface area contributed by atoms with Crippen LogP contribution in [0.2, 0.25) is 0 Å². The van der Waals surface area contributed by atoms with E-state index >= 15 is 0 Å². The van der Waals surface area contributed by atoms with Gasteiger partial charge in [0.15, 0.2) is 0 Å². The van der Waals surface area contributed by atoms with Crippen molar-refractivity contribution in [1.29, 1.82) is 0 Å². The average Bonchev–Trinajstić information content (AvgIpc) is 2.62. The molecule has 2 rings (SSSR count). The zero-order valence-electron chi connectivity index (χ0n) is 8.79. The summed E-state index contributed by atoms with van der Waals surface area (Å²) in [6.07, 6.45) is -1.05. The SMILES string of the molecule is Cc1cc(-n2cc(Br)cn2)ccc1C(F)(F)F. The molecule has 0 radical (unpaired) electrons. The maximum absolute atomic E-state index is 12.6. The van der Waals surface area contributed by atoms with Crippen molar-refractivity contribution in [2.24, 2.45) is 0 Å². The molecule has 0 amide bonds. The lowest BCUT2D eigenvalue weighted by atomic mass is 10.1. The Kier molecular flexibility index (Phi) is 2.99. The fourth-order valence-corrected chi connectivity index (χ4v) is 1.84. The summed E-state index contributed by atoms with van der Waals surface area (Å²) in [6.45, 7) is 1.44. The van der Waals surface area contributed by atoms with Crippen LogP contribution >= 0.6 is 15.9 Å². The third-order valence-electron chi connectivity index (χ3n) is 2.33. The Morgan fingerprint density at radius 1 is 1.29 bits per heavy atom. The van der Waals surface area contributed by atoms with Gasteiger partial charge in [0.25, 0.3) is 0 Å². The molecule has 2 nitrogen and oxygen atoms in total. The van der Waals surface area contributed by atoms with Gasteiger partial charge in [-0.3, -0.25) is 0 Å². The highest BCUT2D eigenvalue weighted by atomic mass is 79.9. The summed E-state index contributed by atoms with van der Waals surface area (Å²) in [5, 5.41) is 4.01. The van der Waals surface area contributed by atoms with E-state index in [-0.39, 0.29) is 5.56 Å². The molecule has 0 unspecified atom stereocenters. The zero-order valence-corrected chi connectivity index (χ0v) is 10.4. The van der Waals surface area contributed by atoms with E-state index in [0.717, 1.165) is 10.5 Å². The molecule has 0 spiro atoms. The number of rotatable bonds is 1. The van der Waals surface area contributed by atoms with Crippen LogP contribution in [0, 0.1) is 6.92 Å². The van der Waals surface area contributed by atoms with Gasteiger partial charge in [0.1, 0.15) is 0 Å². The van der Waals surface area contributed by atoms with E-state index < -0.39 is 11.7 Å². The number of hydrogen-bond donors (Lipinski definition) is 0. The van der Waals surface area contributed by atoms with Crippen molar-refractivity contribution < 1.29 is 13.2 Å². The van der Waals surface area contributed by atoms with Gasteiger partial charge in [0, 0.05) is 6.20 Å². The van der Waals surface area contributed by atoms with Gasteiger partial charge < -0.3 is 0 Å². The molecule has 1 aromatic heterocycles. The van der Waals surface area contributed by atoms with E-state index in [1.165, 1.54) is 23.7 Å². The molecule has 0 aliphatic rings. The fraction of sp³-hybridized carbons (Fsp3) is 0.182. The number of hydrogen-bond acceptors (Lipinski definition) is 1. The second kappa shape index (κ2) is 4.18. The second-order valence-corrected chi connectivity index (χ2v) is 4.52. The summed E-state index contributed by atoms with van der Waals surface area (Å²) in [4.78, 5) is 0. The lowest BCUT2D eigenvalue weighted by Crippen LogP contribution is -2.08. The molecule has 1 heterocycles. The molecular weight excluding hydrogens is 297 g/mol. The van der Waals surface area contributed by atoms with Crippen molar-refractivity contribution in [3.63, 3.8) is 0 Å². The first kappa shape index (κ1) is 12.2. The van der Waals surface area contributed by atoms with Crippen LogP contribution in [-0.2, 0) is 6.18 Å². The molecule has 0 saturated heterocycles. The van der Waals surface area contributed by atoms with Crippen molar-refractivity contribution in [3.8, 4) is 5.69 Å². The molecule has 2 aromatic rings. The van der Waals surface area contributed by atoms with Crippen molar-refractivity contribution >= 4 is 15.9 Å². The Labute approximate surface area is 104 Å². The molecule has 0 N–H and O–H groups in total. The molecule has 90 valence electrons. The lowest BCUT2D eigenvalue weighted by molar-refractivity contribution is -0.138. The average molecular weight is 305 g/mol. The molecule has 17 heavy (non-hydrogen) atoms. The Bertz CT molecular complexity index is 546. The smallest absolute Gasteiger partial charge is 0.240 e. The van der Waals surface area contributed by atoms with Crippen molar-refractivity contribution in [3.05, 3.63) is 46.2 Å². The van der Waals surface area contributed by atoms with Gasteiger partial charge in [-0.05, 0) is 46.6 Å². The van der Waals surface area contributed by atoms with Crippen LogP contribution in [0.4, 0.5) is 13.2 Å². The van der Waals surface area contributed by atoms with Crippen molar-refractivity contribution in [2.45, 2.75) is 13.1 Å². The minimum Gasteiger partial charge on any atom is -0.240 e. The first-order chi connectivity index (χ1) is 7.88. The van der Waals surface area contributed by atoms with Crippen LogP contribution < -0.4 is 0 Å². The van der Waals surface area contributed by atoms with Gasteiger partial charge in [-0.25, -0.2) is 4.68 Å². The molecule has 0 aliphatic heterocycles. The molecule has 6 heteroatoms. The van der Waals surface area contributed by atoms with Gasteiger partial charge >= 0.3 is 6.18 Å². The largest absolute Gasteiger partial charge is 0.416 e. The Morgan fingerprint density at radius 3 is 2.47 bits per heavy atom. The quantitative estimate of drug-likeness (QED) is 0.780. The van der Waals surface area contributed by atoms with E-state index in [1.807, 2.05) is 0 Å². The summed E-state index contributed by atoms with van der Waals surface area (Å²) in [6, 6.07) is 3.93. The van der Waals surface area contributed by atoms with E-state index in [9.17, 15) is 13.2 Å². The monoisotopic (exact) mass is 304 g/mol. The minimum absolute atomic E-state index is 0.182. The lowest BCUT2D eigenvalue weighted by Gasteiger charge is -2.11. The summed E-state index contributed by atoms with van der Waals surface area (Å²) in [7, 11) is 0. The summed E-state index contributed by atoms with van der Waals surface area (Å²) >= 11 is 3.23. The second-order valence-electron chi connectivity index (χ2n) is 3.60. The summed E-state index contributed by atoms with van der Waals surface area (Å²) in [5.74, 6) is 0. The fourth-order valence-electron chi connectivity index (χ4n) is 1.55. The number of nitrogens with zero attached hydrogens (tertiary/aromatic N) is 2. The molecule has 0 bridgehead atoms. The first-order valence-electron chi connectivity index (χ1n) is 4.76. The highest BCUT2D eigenvalue weighted by Crippen LogP contribution is 2.32. The topological polar surface area (TPSA) is 17.8 Å². The number of alkyl halides is 3. The van der Waals surface area contributed by atoms with Crippen LogP contribution in [0.15, 0.2) is 35.1 Å². The van der Waals surface area contributed by atoms with Crippen LogP contribution in [0.1, 0.15) is 11.1 Å². The molecule has 0 atom stereocenters. The first-order valence-corrected chi connectivity index (χ1v) is 5.55. The van der Waals surface area contributed by atoms with Crippen molar-refractivity contribution in [1.82, 2.24) is 9.78 Å². The molecule has 0 aliphatic carbocycles. The normalized spacial score (nSPS) is 11.8. The van der Waals surface area contributed by atoms with Crippen LogP contribution in [0.3, 0.4) is 0 Å². The Morgan fingerprint density at radius 2 is 2.00 bits per heavy atom. The minimum atomic E-state index is -4.31. The van der Waals surface area contributed by atoms with Gasteiger partial charge in [0.2, 0.25) is 0 Å². The predicted octanol–water partition coefficient (Wildman–Crippen LogP) is 3.96. The van der Waals surface area contributed by atoms with Gasteiger partial charge in [-0.15, -0.1) is 0 Å². The predicted molar refractivity (Wildman–Crippen MR) is 61.0 cm³/mol. The van der Waals surface area contributed by atoms with Gasteiger partial charge in [-0.1, -0.05) is 0 Å². The van der Waals surface area contributed by atoms with Crippen molar-refractivity contribution in [2.75, 3.05) is 0 Å². The summed E-state index contributed by atoms with van der Waals surface area (Å²) < 4.78 is 40.0. The number of benzene rings is 1. The van der Waals surface area contributed by atoms with Crippen LogP contribution in [-0.4, -0.2) is 9.78 Å². The van der Waals surface area contributed by atoms with E-state index in [4.69, 9.17) is 0 Å². The molecule has 1 aromatic carbocycles. The third-order valence-corrected chi connectivity index (χ3v) is 2.74. The zero-order chi connectivity index (χ0) is 12.6. The number of aromatic nitrogens is 2. The van der Waals surface area contributed by atoms with Crippen LogP contribution in [0.5, 0.6) is 0 Å². The highest BCUT2D eigenvalue weighted by molar-refractivity contribution is 9.10. The van der Waals surface area contributed by atoms with E-state index in [2.05, 4.69) is 21.0 Å². The Hall–Kier alpha value is -1.30. The molecule has 0 saturated carbocycles. The Balaban J connectivity index is 2.44. The maximum atomic E-state index is 12.6. The maximum Gasteiger partial charge on any atom is 0.416 e. The number of aryl methyl sites for hydroxylation is 1. The molecular formula is C11H8BrF3N2.